The molecule has 3 N–H and O–H groups in total. The molecule has 0 radical (unpaired) electrons. The van der Waals surface area contributed by atoms with Crippen LogP contribution in [0.2, 0.25) is 0 Å². The fourth-order valence-corrected chi connectivity index (χ4v) is 5.74. The van der Waals surface area contributed by atoms with Gasteiger partial charge in [0, 0.05) is 49.3 Å². The third kappa shape index (κ3) is 6.20. The first kappa shape index (κ1) is 25.8. The van der Waals surface area contributed by atoms with Crippen LogP contribution in [-0.2, 0) is 4.74 Å². The summed E-state index contributed by atoms with van der Waals surface area (Å²) in [5.41, 5.74) is 3.02. The number of furan rings is 1. The van der Waals surface area contributed by atoms with Gasteiger partial charge >= 0.3 is 0 Å². The summed E-state index contributed by atoms with van der Waals surface area (Å²) in [7, 11) is 0. The van der Waals surface area contributed by atoms with Crippen molar-refractivity contribution in [2.24, 2.45) is 0 Å². The van der Waals surface area contributed by atoms with Crippen molar-refractivity contribution < 1.29 is 19.4 Å². The van der Waals surface area contributed by atoms with Crippen molar-refractivity contribution in [2.45, 2.75) is 57.5 Å². The summed E-state index contributed by atoms with van der Waals surface area (Å²) in [6.45, 7) is 4.52. The van der Waals surface area contributed by atoms with Crippen molar-refractivity contribution in [1.29, 1.82) is 5.26 Å². The highest BCUT2D eigenvalue weighted by Gasteiger charge is 2.26. The number of nitriles is 1. The van der Waals surface area contributed by atoms with Gasteiger partial charge in [0.25, 0.3) is 0 Å². The number of fused-ring (bicyclic) bond motifs is 1. The van der Waals surface area contributed by atoms with Crippen molar-refractivity contribution in [3.63, 3.8) is 0 Å². The number of ether oxygens (including phenoxy) is 1. The van der Waals surface area contributed by atoms with Gasteiger partial charge in [-0.1, -0.05) is 18.2 Å². The number of anilines is 1. The fourth-order valence-electron chi connectivity index (χ4n) is 5.03. The Hall–Kier alpha value is -2.80. The summed E-state index contributed by atoms with van der Waals surface area (Å²) in [6, 6.07) is 19.1. The summed E-state index contributed by atoms with van der Waals surface area (Å²) >= 11 is 1.20. The monoisotopic (exact) mass is 519 g/mol. The molecule has 37 heavy (non-hydrogen) atoms. The van der Waals surface area contributed by atoms with E-state index in [1.54, 1.807) is 0 Å². The van der Waals surface area contributed by atoms with Gasteiger partial charge < -0.3 is 24.3 Å². The zero-order valence-corrected chi connectivity index (χ0v) is 21.8. The minimum atomic E-state index is -0.957. The van der Waals surface area contributed by atoms with Gasteiger partial charge in [0.05, 0.1) is 12.2 Å². The van der Waals surface area contributed by atoms with Gasteiger partial charge in [-0.05, 0) is 79.2 Å². The van der Waals surface area contributed by atoms with Crippen LogP contribution in [0.25, 0.3) is 27.7 Å². The average molecular weight is 520 g/mol. The first-order chi connectivity index (χ1) is 18.0. The molecule has 2 saturated heterocycles. The molecule has 3 aromatic rings. The predicted octanol–water partition coefficient (Wildman–Crippen LogP) is 5.44. The lowest BCUT2D eigenvalue weighted by Gasteiger charge is -2.30. The Balaban J connectivity index is 1.26. The summed E-state index contributed by atoms with van der Waals surface area (Å²) < 4.78 is 14.7. The molecule has 3 heterocycles. The second kappa shape index (κ2) is 11.7. The van der Waals surface area contributed by atoms with Gasteiger partial charge in [-0.3, -0.25) is 4.72 Å². The van der Waals surface area contributed by atoms with E-state index in [0.717, 1.165) is 30.0 Å². The molecule has 8 heteroatoms. The number of allylic oxidation sites excluding steroid dienone is 2. The second-order valence-corrected chi connectivity index (χ2v) is 10.7. The van der Waals surface area contributed by atoms with Crippen molar-refractivity contribution in [1.82, 2.24) is 4.72 Å². The fraction of sp³-hybridized carbons (Fsp3) is 0.414. The van der Waals surface area contributed by atoms with Gasteiger partial charge in [0.2, 0.25) is 0 Å². The largest absolute Gasteiger partial charge is 0.456 e. The highest BCUT2D eigenvalue weighted by Crippen LogP contribution is 2.33. The van der Waals surface area contributed by atoms with E-state index < -0.39 is 12.4 Å². The third-order valence-electron chi connectivity index (χ3n) is 7.09. The number of aliphatic hydroxyl groups is 2. The van der Waals surface area contributed by atoms with Gasteiger partial charge in [-0.15, -0.1) is 0 Å². The Bertz CT molecular complexity index is 1300. The number of aliphatic hydroxyl groups excluding tert-OH is 2. The molecule has 0 aliphatic carbocycles. The lowest BCUT2D eigenvalue weighted by molar-refractivity contribution is -0.186. The van der Waals surface area contributed by atoms with E-state index in [-0.39, 0.29) is 12.5 Å². The highest BCUT2D eigenvalue weighted by atomic mass is 32.2. The van der Waals surface area contributed by atoms with E-state index >= 15 is 0 Å². The molecule has 5 rings (SSSR count). The molecule has 3 unspecified atom stereocenters. The van der Waals surface area contributed by atoms with Crippen LogP contribution in [0, 0.1) is 11.3 Å². The molecule has 0 bridgehead atoms. The number of piperidine rings is 1. The van der Waals surface area contributed by atoms with Gasteiger partial charge in [-0.2, -0.15) is 5.26 Å². The SMILES string of the molecule is C/C(=C(/C#N)SNCC1CC(O)CC(O)O1)c1ccc(-c2ccc3cc(N4CCCCC4)ccc3c2)o1. The zero-order chi connectivity index (χ0) is 25.8. The Morgan fingerprint density at radius 1 is 1.05 bits per heavy atom. The van der Waals surface area contributed by atoms with Crippen molar-refractivity contribution >= 4 is 34.0 Å². The Labute approximate surface area is 221 Å². The maximum atomic E-state index is 9.81. The number of benzene rings is 2. The molecule has 0 amide bonds. The van der Waals surface area contributed by atoms with Crippen molar-refractivity contribution in [3.05, 3.63) is 59.2 Å². The molecular formula is C29H33N3O4S. The molecule has 3 atom stereocenters. The zero-order valence-electron chi connectivity index (χ0n) is 21.0. The number of rotatable bonds is 7. The molecule has 2 aliphatic heterocycles. The minimum Gasteiger partial charge on any atom is -0.456 e. The number of nitrogens with one attached hydrogen (secondary N) is 1. The molecule has 0 spiro atoms. The van der Waals surface area contributed by atoms with Gasteiger partial charge in [0.1, 0.15) is 22.5 Å². The van der Waals surface area contributed by atoms with Gasteiger partial charge in [-0.25, -0.2) is 0 Å². The van der Waals surface area contributed by atoms with E-state index in [2.05, 4.69) is 52.1 Å². The standard InChI is InChI=1S/C29H33N3O4S/c1-19(28(17-30)37-31-18-25-15-24(33)16-29(34)35-25)26-9-10-27(36-26)22-6-5-21-14-23(8-7-20(21)13-22)32-11-3-2-4-12-32/h5-10,13-14,24-25,29,31,33-34H,2-4,11-12,15-16,18H2,1H3/b28-19+. The van der Waals surface area contributed by atoms with E-state index in [1.165, 1.54) is 47.7 Å². The normalized spacial score (nSPS) is 23.1. The van der Waals surface area contributed by atoms with E-state index in [1.807, 2.05) is 19.1 Å². The lowest BCUT2D eigenvalue weighted by atomic mass is 10.0. The van der Waals surface area contributed by atoms with Crippen LogP contribution in [0.3, 0.4) is 0 Å². The molecule has 2 aromatic carbocycles. The van der Waals surface area contributed by atoms with Crippen molar-refractivity contribution in [2.75, 3.05) is 24.5 Å². The summed E-state index contributed by atoms with van der Waals surface area (Å²) in [4.78, 5) is 2.96. The second-order valence-electron chi connectivity index (χ2n) is 9.81. The molecule has 1 aromatic heterocycles. The third-order valence-corrected chi connectivity index (χ3v) is 8.00. The molecule has 7 nitrogen and oxygen atoms in total. The number of hydrogen-bond acceptors (Lipinski definition) is 8. The average Bonchev–Trinajstić information content (AvgIpc) is 3.41. The van der Waals surface area contributed by atoms with E-state index in [0.29, 0.717) is 23.6 Å². The van der Waals surface area contributed by atoms with Crippen LogP contribution in [0.5, 0.6) is 0 Å². The Kier molecular flexibility index (Phi) is 8.18. The predicted molar refractivity (Wildman–Crippen MR) is 148 cm³/mol. The maximum absolute atomic E-state index is 9.81. The maximum Gasteiger partial charge on any atom is 0.157 e. The number of hydrogen-bond donors (Lipinski definition) is 3. The first-order valence-electron chi connectivity index (χ1n) is 12.9. The highest BCUT2D eigenvalue weighted by molar-refractivity contribution is 8.01. The molecule has 194 valence electrons. The van der Waals surface area contributed by atoms with E-state index in [4.69, 9.17) is 9.15 Å². The number of nitrogens with zero attached hydrogens (tertiary/aromatic N) is 2. The van der Waals surface area contributed by atoms with Gasteiger partial charge in [0.15, 0.2) is 6.29 Å². The molecular weight excluding hydrogens is 486 g/mol. The quantitative estimate of drug-likeness (QED) is 0.280. The Morgan fingerprint density at radius 2 is 1.84 bits per heavy atom. The lowest BCUT2D eigenvalue weighted by Crippen LogP contribution is -2.39. The molecule has 2 aliphatic rings. The topological polar surface area (TPSA) is 102 Å². The van der Waals surface area contributed by atoms with E-state index in [9.17, 15) is 15.5 Å². The van der Waals surface area contributed by atoms with Crippen LogP contribution in [0.1, 0.15) is 44.8 Å². The Morgan fingerprint density at radius 3 is 2.62 bits per heavy atom. The smallest absolute Gasteiger partial charge is 0.157 e. The molecule has 0 saturated carbocycles. The summed E-state index contributed by atoms with van der Waals surface area (Å²) in [6.07, 6.45) is 2.66. The van der Waals surface area contributed by atoms with Crippen LogP contribution in [0.4, 0.5) is 5.69 Å². The van der Waals surface area contributed by atoms with Crippen LogP contribution in [-0.4, -0.2) is 48.3 Å². The van der Waals surface area contributed by atoms with Crippen LogP contribution in [0.15, 0.2) is 57.9 Å². The summed E-state index contributed by atoms with van der Waals surface area (Å²) in [5, 5.41) is 31.6. The van der Waals surface area contributed by atoms with Crippen molar-refractivity contribution in [3.8, 4) is 17.4 Å². The first-order valence-corrected chi connectivity index (χ1v) is 13.7. The van der Waals surface area contributed by atoms with Crippen LogP contribution >= 0.6 is 11.9 Å². The van der Waals surface area contributed by atoms with Crippen LogP contribution < -0.4 is 9.62 Å². The molecule has 2 fully saturated rings. The summed E-state index contributed by atoms with van der Waals surface area (Å²) in [5.74, 6) is 1.39. The minimum absolute atomic E-state index is 0.226.